The minimum Gasteiger partial charge on any atom is -0.484 e. The maximum Gasteiger partial charge on any atom is 0.336 e. The van der Waals surface area contributed by atoms with Gasteiger partial charge in [-0.1, -0.05) is 0 Å². The maximum atomic E-state index is 11.7. The summed E-state index contributed by atoms with van der Waals surface area (Å²) in [6.45, 7) is 2.16. The number of carbonyl (C=O) groups is 1. The smallest absolute Gasteiger partial charge is 0.336 e. The lowest BCUT2D eigenvalue weighted by Gasteiger charge is -2.13. The maximum absolute atomic E-state index is 11.7. The molecule has 0 spiro atoms. The molecule has 21 heavy (non-hydrogen) atoms. The average molecular weight is 291 g/mol. The first-order valence-corrected chi connectivity index (χ1v) is 6.53. The van der Waals surface area contributed by atoms with Crippen molar-refractivity contribution in [2.45, 2.75) is 13.0 Å². The van der Waals surface area contributed by atoms with Gasteiger partial charge in [0, 0.05) is 30.7 Å². The lowest BCUT2D eigenvalue weighted by molar-refractivity contribution is -0.124. The van der Waals surface area contributed by atoms with E-state index in [0.717, 1.165) is 5.39 Å². The number of carbonyl (C=O) groups excluding carboxylic acids is 1. The van der Waals surface area contributed by atoms with Crippen LogP contribution in [-0.2, 0) is 9.53 Å². The summed E-state index contributed by atoms with van der Waals surface area (Å²) in [7, 11) is 1.57. The zero-order valence-electron chi connectivity index (χ0n) is 11.9. The molecule has 0 bridgehead atoms. The van der Waals surface area contributed by atoms with Crippen LogP contribution in [0.25, 0.3) is 11.0 Å². The van der Waals surface area contributed by atoms with Gasteiger partial charge in [-0.15, -0.1) is 0 Å². The molecule has 0 fully saturated rings. The zero-order valence-corrected chi connectivity index (χ0v) is 11.9. The predicted molar refractivity (Wildman–Crippen MR) is 77.5 cm³/mol. The fraction of sp³-hybridized carbons (Fsp3) is 0.333. The molecule has 0 radical (unpaired) electrons. The number of rotatable bonds is 6. The molecule has 6 heteroatoms. The van der Waals surface area contributed by atoms with E-state index in [9.17, 15) is 9.59 Å². The molecular weight excluding hydrogens is 274 g/mol. The van der Waals surface area contributed by atoms with Gasteiger partial charge < -0.3 is 19.2 Å². The van der Waals surface area contributed by atoms with Crippen LogP contribution >= 0.6 is 0 Å². The van der Waals surface area contributed by atoms with Gasteiger partial charge in [-0.25, -0.2) is 4.79 Å². The van der Waals surface area contributed by atoms with Crippen LogP contribution in [0.15, 0.2) is 39.5 Å². The van der Waals surface area contributed by atoms with Gasteiger partial charge in [0.25, 0.3) is 5.91 Å². The summed E-state index contributed by atoms with van der Waals surface area (Å²) >= 11 is 0. The van der Waals surface area contributed by atoms with Gasteiger partial charge in [-0.3, -0.25) is 4.79 Å². The molecule has 6 nitrogen and oxygen atoms in total. The van der Waals surface area contributed by atoms with E-state index in [2.05, 4.69) is 5.32 Å². The van der Waals surface area contributed by atoms with Crippen LogP contribution in [0.1, 0.15) is 6.92 Å². The van der Waals surface area contributed by atoms with E-state index in [1.165, 1.54) is 6.07 Å². The Hall–Kier alpha value is -2.34. The monoisotopic (exact) mass is 291 g/mol. The minimum atomic E-state index is -0.425. The average Bonchev–Trinajstić information content (AvgIpc) is 2.44. The van der Waals surface area contributed by atoms with E-state index >= 15 is 0 Å². The van der Waals surface area contributed by atoms with Crippen LogP contribution in [-0.4, -0.2) is 32.3 Å². The highest BCUT2D eigenvalue weighted by Gasteiger charge is 2.08. The van der Waals surface area contributed by atoms with Gasteiger partial charge in [0.05, 0.1) is 6.61 Å². The molecule has 2 rings (SSSR count). The highest BCUT2D eigenvalue weighted by atomic mass is 16.5. The Morgan fingerprint density at radius 1 is 1.33 bits per heavy atom. The predicted octanol–water partition coefficient (Wildman–Crippen LogP) is 1.32. The fourth-order valence-electron chi connectivity index (χ4n) is 1.89. The number of benzene rings is 1. The molecule has 1 heterocycles. The van der Waals surface area contributed by atoms with E-state index in [1.54, 1.807) is 31.4 Å². The molecule has 2 aromatic rings. The minimum absolute atomic E-state index is 0.0827. The van der Waals surface area contributed by atoms with Crippen molar-refractivity contribution in [2.24, 2.45) is 0 Å². The van der Waals surface area contributed by atoms with E-state index in [1.807, 2.05) is 6.92 Å². The Balaban J connectivity index is 1.97. The third-order valence-electron chi connectivity index (χ3n) is 2.79. The lowest BCUT2D eigenvalue weighted by atomic mass is 10.2. The highest BCUT2D eigenvalue weighted by Crippen LogP contribution is 2.19. The molecule has 112 valence electrons. The second-order valence-corrected chi connectivity index (χ2v) is 4.67. The largest absolute Gasteiger partial charge is 0.484 e. The molecule has 1 N–H and O–H groups in total. The number of amides is 1. The first-order valence-electron chi connectivity index (χ1n) is 6.53. The number of nitrogens with one attached hydrogen (secondary N) is 1. The summed E-state index contributed by atoms with van der Waals surface area (Å²) in [5, 5.41) is 3.53. The molecule has 0 saturated heterocycles. The second kappa shape index (κ2) is 6.90. The summed E-state index contributed by atoms with van der Waals surface area (Å²) in [6, 6.07) is 8.01. The first-order chi connectivity index (χ1) is 10.1. The molecule has 1 unspecified atom stereocenters. The molecule has 0 aliphatic rings. The van der Waals surface area contributed by atoms with Crippen LogP contribution in [0.2, 0.25) is 0 Å². The van der Waals surface area contributed by atoms with Gasteiger partial charge in [0.1, 0.15) is 11.3 Å². The Labute approximate surface area is 121 Å². The van der Waals surface area contributed by atoms with E-state index in [-0.39, 0.29) is 18.6 Å². The standard InChI is InChI=1S/C15H17NO5/c1-10(8-19-2)16-14(17)9-20-12-5-3-11-4-6-15(18)21-13(11)7-12/h3-7,10H,8-9H2,1-2H3,(H,16,17). The number of hydrogen-bond acceptors (Lipinski definition) is 5. The molecule has 1 aromatic carbocycles. The molecule has 1 aromatic heterocycles. The van der Waals surface area contributed by atoms with Crippen molar-refractivity contribution in [1.29, 1.82) is 0 Å². The Morgan fingerprint density at radius 2 is 2.10 bits per heavy atom. The molecule has 0 aliphatic heterocycles. The van der Waals surface area contributed by atoms with Crippen LogP contribution < -0.4 is 15.7 Å². The summed E-state index contributed by atoms with van der Waals surface area (Å²) in [5.41, 5.74) is -0.000979. The third kappa shape index (κ3) is 4.32. The van der Waals surface area contributed by atoms with Crippen LogP contribution in [0.3, 0.4) is 0 Å². The van der Waals surface area contributed by atoms with Gasteiger partial charge in [0.2, 0.25) is 0 Å². The third-order valence-corrected chi connectivity index (χ3v) is 2.79. The summed E-state index contributed by atoms with van der Waals surface area (Å²) in [6.07, 6.45) is 0. The normalized spacial score (nSPS) is 12.1. The van der Waals surface area contributed by atoms with Crippen LogP contribution in [0.4, 0.5) is 0 Å². The number of fused-ring (bicyclic) bond motifs is 1. The van der Waals surface area contributed by atoms with Crippen molar-refractivity contribution in [2.75, 3.05) is 20.3 Å². The van der Waals surface area contributed by atoms with E-state index in [4.69, 9.17) is 13.9 Å². The van der Waals surface area contributed by atoms with Crippen molar-refractivity contribution in [3.05, 3.63) is 40.8 Å². The fourth-order valence-corrected chi connectivity index (χ4v) is 1.89. The van der Waals surface area contributed by atoms with Crippen LogP contribution in [0.5, 0.6) is 5.75 Å². The molecule has 0 saturated carbocycles. The van der Waals surface area contributed by atoms with E-state index < -0.39 is 5.63 Å². The van der Waals surface area contributed by atoms with Crippen molar-refractivity contribution in [3.63, 3.8) is 0 Å². The van der Waals surface area contributed by atoms with E-state index in [0.29, 0.717) is 17.9 Å². The summed E-state index contributed by atoms with van der Waals surface area (Å²) < 4.78 is 15.4. The molecule has 0 aliphatic carbocycles. The summed E-state index contributed by atoms with van der Waals surface area (Å²) in [5.74, 6) is 0.223. The SMILES string of the molecule is COCC(C)NC(=O)COc1ccc2ccc(=O)oc2c1. The van der Waals surface area contributed by atoms with Crippen molar-refractivity contribution in [1.82, 2.24) is 5.32 Å². The zero-order chi connectivity index (χ0) is 15.2. The quantitative estimate of drug-likeness (QED) is 0.812. The number of methoxy groups -OCH3 is 1. The topological polar surface area (TPSA) is 77.8 Å². The van der Waals surface area contributed by atoms with Gasteiger partial charge in [-0.2, -0.15) is 0 Å². The molecule has 1 amide bonds. The molecular formula is C15H17NO5. The van der Waals surface area contributed by atoms with Crippen molar-refractivity contribution < 1.29 is 18.7 Å². The molecule has 1 atom stereocenters. The van der Waals surface area contributed by atoms with Crippen molar-refractivity contribution in [3.8, 4) is 5.75 Å². The second-order valence-electron chi connectivity index (χ2n) is 4.67. The van der Waals surface area contributed by atoms with Gasteiger partial charge in [-0.05, 0) is 25.1 Å². The Bertz CT molecular complexity index is 679. The number of hydrogen-bond donors (Lipinski definition) is 1. The highest BCUT2D eigenvalue weighted by molar-refractivity contribution is 5.79. The first kappa shape index (κ1) is 15.1. The summed E-state index contributed by atoms with van der Waals surface area (Å²) in [4.78, 5) is 22.8. The van der Waals surface area contributed by atoms with Gasteiger partial charge >= 0.3 is 5.63 Å². The van der Waals surface area contributed by atoms with Gasteiger partial charge in [0.15, 0.2) is 6.61 Å². The Morgan fingerprint density at radius 3 is 2.86 bits per heavy atom. The van der Waals surface area contributed by atoms with Crippen molar-refractivity contribution >= 4 is 16.9 Å². The lowest BCUT2D eigenvalue weighted by Crippen LogP contribution is -2.38. The van der Waals surface area contributed by atoms with Crippen LogP contribution in [0, 0.1) is 0 Å². The Kier molecular flexibility index (Phi) is 4.94. The number of ether oxygens (including phenoxy) is 2.